The Kier molecular flexibility index (Phi) is 36.8. The Morgan fingerprint density at radius 2 is 0.703 bits per heavy atom. The first-order valence-corrected chi connectivity index (χ1v) is 49.4. The maximum atomic E-state index is 14.4. The van der Waals surface area contributed by atoms with Gasteiger partial charge in [0.15, 0.2) is 35.6 Å². The summed E-state index contributed by atoms with van der Waals surface area (Å²) in [6.45, 7) is 11.0. The molecular weight excluding hydrogens is 1950 g/mol. The number of methoxy groups -OCH3 is 3. The summed E-state index contributed by atoms with van der Waals surface area (Å²) < 4.78 is 236. The number of sulfone groups is 3. The third kappa shape index (κ3) is 31.8. The van der Waals surface area contributed by atoms with E-state index in [2.05, 4.69) is 16.0 Å². The third-order valence-electron chi connectivity index (χ3n) is 20.9. The highest BCUT2D eigenvalue weighted by molar-refractivity contribution is 7.91. The van der Waals surface area contributed by atoms with E-state index in [1.807, 2.05) is 0 Å². The van der Waals surface area contributed by atoms with Crippen molar-refractivity contribution in [3.8, 4) is 34.5 Å². The molecule has 27 nitrogen and oxygen atoms in total. The van der Waals surface area contributed by atoms with E-state index in [1.165, 1.54) is 159 Å². The molecule has 5 N–H and O–H groups in total. The first-order chi connectivity index (χ1) is 64.3. The normalized spacial score (nSPS) is 13.7. The van der Waals surface area contributed by atoms with E-state index in [0.717, 1.165) is 73.4 Å². The minimum Gasteiger partial charge on any atom is -0.497 e. The average Bonchev–Trinajstić information content (AvgIpc) is 1.62. The highest BCUT2D eigenvalue weighted by atomic mass is 35.5. The van der Waals surface area contributed by atoms with Crippen molar-refractivity contribution < 1.29 is 142 Å². The molecule has 3 atom stereocenters. The molecule has 0 spiro atoms. The van der Waals surface area contributed by atoms with Crippen LogP contribution in [0.2, 0.25) is 15.1 Å². The Bertz CT molecular complexity index is 6320. The zero-order valence-electron chi connectivity index (χ0n) is 76.8. The lowest BCUT2D eigenvalue weighted by atomic mass is 10.0. The van der Waals surface area contributed by atoms with Gasteiger partial charge in [0.2, 0.25) is 0 Å². The number of fused-ring (bicyclic) bond motifs is 3. The molecule has 3 unspecified atom stereocenters. The number of esters is 2. The van der Waals surface area contributed by atoms with Gasteiger partial charge in [-0.2, -0.15) is 39.5 Å². The molecule has 0 fully saturated rings. The molecule has 0 saturated heterocycles. The van der Waals surface area contributed by atoms with E-state index in [0.29, 0.717) is 35.4 Å². The summed E-state index contributed by atoms with van der Waals surface area (Å²) in [5.41, 5.74) is 1.12. The van der Waals surface area contributed by atoms with Gasteiger partial charge in [-0.3, -0.25) is 24.0 Å². The number of nitrogens with zero attached hydrogens (tertiary/aromatic N) is 2. The molecule has 2 heterocycles. The summed E-state index contributed by atoms with van der Waals surface area (Å²) in [6, 6.07) is 32.6. The summed E-state index contributed by atoms with van der Waals surface area (Å²) in [4.78, 5) is 78.1. The summed E-state index contributed by atoms with van der Waals surface area (Å²) >= 11 is 18.6. The van der Waals surface area contributed by atoms with Crippen molar-refractivity contribution in [1.82, 2.24) is 0 Å². The standard InChI is InChI=1S/C33H36ClF3N2O7S.C29H28ClF3N2O7S.C24H30ClNO8S.C10H9F3/c1-32(2,3)46-29(40)7-6-14-45-28-16-22(34)10-11-26(28)30(38-23-17-24(44-4)19-25(18-23)47(5,42)43)31(41)39-13-12-20-8-9-21(15-27(20)39)33(35,36)37;1-41-21-14-20(15-22(16-21)43(2,39)40)34-27(23-8-7-19(30)13-25(23)42-11-3-4-26(36)37)28(38)35-10-9-17-5-6-18(12-24(17)35)29(31,32)33;1-24(2,3)34-21(27)7-6-10-33-20-11-15(25)8-9-19(20)22(23(28)29)26-16-12-17(32-4)14-18(13-16)35(5,30)31;11-10(12,13)9-5-4-7-2-1-3-8(7)6-9/h8-11,15-19,30,38H,6-7,12-14H2,1-5H3;5-8,12-16,27,34H,3-4,9-11H2,1-2H3,(H,36,37);8-9,11-14,22,26H,6-7,10H2,1-5H3,(H,28,29);4-6H,1-3H2. The molecule has 9 aromatic carbocycles. The summed E-state index contributed by atoms with van der Waals surface area (Å²) in [6.07, 6.45) is -6.20. The Labute approximate surface area is 807 Å². The number of hydrogen-bond acceptors (Lipinski definition) is 23. The van der Waals surface area contributed by atoms with Gasteiger partial charge in [-0.05, 0) is 224 Å². The summed E-state index contributed by atoms with van der Waals surface area (Å²) in [5.74, 6) is -3.12. The fraction of sp³-hybridized carbons (Fsp3) is 0.375. The number of ether oxygens (including phenoxy) is 8. The molecule has 0 saturated carbocycles. The molecule has 138 heavy (non-hydrogen) atoms. The van der Waals surface area contributed by atoms with E-state index >= 15 is 0 Å². The quantitative estimate of drug-likeness (QED) is 0.0145. The Morgan fingerprint density at radius 3 is 1.01 bits per heavy atom. The van der Waals surface area contributed by atoms with Crippen molar-refractivity contribution in [3.05, 3.63) is 234 Å². The van der Waals surface area contributed by atoms with Crippen LogP contribution in [0, 0.1) is 0 Å². The van der Waals surface area contributed by atoms with Crippen molar-refractivity contribution in [2.24, 2.45) is 0 Å². The second-order valence-electron chi connectivity index (χ2n) is 34.0. The average molecular weight is 2050 g/mol. The number of nitrogens with one attached hydrogen (secondary N) is 3. The van der Waals surface area contributed by atoms with E-state index in [1.54, 1.807) is 53.7 Å². The maximum Gasteiger partial charge on any atom is 0.416 e. The second-order valence-corrected chi connectivity index (χ2v) is 41.4. The molecule has 12 rings (SSSR count). The number of aryl methyl sites for hydroxylation is 2. The lowest BCUT2D eigenvalue weighted by Gasteiger charge is -2.28. The molecule has 746 valence electrons. The van der Waals surface area contributed by atoms with Gasteiger partial charge in [-0.25, -0.2) is 30.0 Å². The highest BCUT2D eigenvalue weighted by Crippen LogP contribution is 2.45. The van der Waals surface area contributed by atoms with Crippen LogP contribution in [0.3, 0.4) is 0 Å². The molecular formula is C96H103Cl3F9N5O22S3. The number of aliphatic carboxylic acids is 2. The Balaban J connectivity index is 0.000000218. The van der Waals surface area contributed by atoms with Crippen LogP contribution in [-0.2, 0) is 112 Å². The van der Waals surface area contributed by atoms with E-state index in [9.17, 15) is 98.6 Å². The van der Waals surface area contributed by atoms with Gasteiger partial charge in [0.25, 0.3) is 11.8 Å². The molecule has 3 aliphatic rings. The number of alkyl halides is 9. The molecule has 1 aliphatic carbocycles. The zero-order chi connectivity index (χ0) is 102. The van der Waals surface area contributed by atoms with Crippen LogP contribution in [0.4, 0.5) is 68.0 Å². The zero-order valence-corrected chi connectivity index (χ0v) is 81.6. The van der Waals surface area contributed by atoms with E-state index in [4.69, 9.17) is 77.8 Å². The first-order valence-electron chi connectivity index (χ1n) is 42.6. The van der Waals surface area contributed by atoms with Crippen LogP contribution in [0.15, 0.2) is 178 Å². The number of hydrogen-bond donors (Lipinski definition) is 5. The van der Waals surface area contributed by atoms with Crippen LogP contribution < -0.4 is 54.2 Å². The van der Waals surface area contributed by atoms with Crippen LogP contribution in [0.25, 0.3) is 0 Å². The van der Waals surface area contributed by atoms with Crippen LogP contribution in [-0.4, -0.2) is 155 Å². The summed E-state index contributed by atoms with van der Waals surface area (Å²) in [5, 5.41) is 28.7. The van der Waals surface area contributed by atoms with E-state index < -0.39 is 124 Å². The molecule has 0 bridgehead atoms. The number of halogens is 12. The fourth-order valence-corrected chi connectivity index (χ4v) is 17.0. The number of carboxylic acids is 2. The van der Waals surface area contributed by atoms with Gasteiger partial charge in [0, 0.05) is 130 Å². The second kappa shape index (κ2) is 46.2. The predicted molar refractivity (Wildman–Crippen MR) is 501 cm³/mol. The molecule has 42 heteroatoms. The van der Waals surface area contributed by atoms with Gasteiger partial charge in [0.05, 0.1) is 72.5 Å². The fourth-order valence-electron chi connectivity index (χ4n) is 14.5. The molecule has 0 aromatic heterocycles. The smallest absolute Gasteiger partial charge is 0.416 e. The van der Waals surface area contributed by atoms with Crippen LogP contribution in [0.1, 0.15) is 160 Å². The Morgan fingerprint density at radius 1 is 0.391 bits per heavy atom. The lowest BCUT2D eigenvalue weighted by molar-refractivity contribution is -0.156. The van der Waals surface area contributed by atoms with Gasteiger partial charge in [-0.1, -0.05) is 71.2 Å². The molecule has 9 aromatic rings. The van der Waals surface area contributed by atoms with Crippen LogP contribution >= 0.6 is 34.8 Å². The van der Waals surface area contributed by atoms with Crippen molar-refractivity contribution in [3.63, 3.8) is 0 Å². The summed E-state index contributed by atoms with van der Waals surface area (Å²) in [7, 11) is -6.90. The maximum absolute atomic E-state index is 14.4. The topological polar surface area (TPSA) is 362 Å². The van der Waals surface area contributed by atoms with Gasteiger partial charge >= 0.3 is 42.4 Å². The number of benzene rings is 9. The van der Waals surface area contributed by atoms with Gasteiger partial charge in [-0.15, -0.1) is 0 Å². The minimum atomic E-state index is -4.63. The Hall–Kier alpha value is -11.9. The van der Waals surface area contributed by atoms with Crippen molar-refractivity contribution in [2.75, 3.05) is 98.8 Å². The predicted octanol–water partition coefficient (Wildman–Crippen LogP) is 20.5. The van der Waals surface area contributed by atoms with Crippen molar-refractivity contribution in [1.29, 1.82) is 0 Å². The number of amides is 2. The minimum absolute atomic E-state index is 0.0283. The lowest BCUT2D eigenvalue weighted by Crippen LogP contribution is -2.37. The van der Waals surface area contributed by atoms with Gasteiger partial charge < -0.3 is 73.9 Å². The number of carboxylic acid groups (broad SMARTS) is 2. The number of carbonyl (C=O) groups is 6. The largest absolute Gasteiger partial charge is 0.497 e. The third-order valence-corrected chi connectivity index (χ3v) is 24.9. The molecule has 2 amide bonds. The van der Waals surface area contributed by atoms with Gasteiger partial charge in [0.1, 0.15) is 57.8 Å². The monoisotopic (exact) mass is 2050 g/mol. The number of rotatable bonds is 33. The van der Waals surface area contributed by atoms with E-state index in [-0.39, 0.29) is 175 Å². The SMILES string of the molecule is COc1cc(NC(C(=O)N2CCc3ccc(C(F)(F)F)cc32)c2ccc(Cl)cc2OCCCC(=O)O)cc(S(C)(=O)=O)c1.COc1cc(NC(C(=O)N2CCc3ccc(C(F)(F)F)cc32)c2ccc(Cl)cc2OCCCC(=O)OC(C)(C)C)cc(S(C)(=O)=O)c1.COc1cc(NC(C(=O)O)c2ccc(Cl)cc2OCCCC(=O)OC(C)(C)C)cc(S(C)(=O)=O)c1.FC(F)(F)c1ccc2c(c1)CCC2. The van der Waals surface area contributed by atoms with Crippen molar-refractivity contribution >= 4 is 128 Å². The van der Waals surface area contributed by atoms with Crippen LogP contribution in [0.5, 0.6) is 34.5 Å². The number of anilines is 5. The molecule has 2 aliphatic heterocycles. The first kappa shape index (κ1) is 110. The number of carbonyl (C=O) groups excluding carboxylic acids is 4. The molecule has 0 radical (unpaired) electrons. The van der Waals surface area contributed by atoms with Crippen molar-refractivity contribution in [2.45, 2.75) is 175 Å². The highest BCUT2D eigenvalue weighted by Gasteiger charge is 2.41.